The molecule has 0 bridgehead atoms. The number of rotatable bonds is 2. The number of para-hydroxylation sites is 1. The smallest absolute Gasteiger partial charge is 0.443 e. The topological polar surface area (TPSA) is 46.3 Å². The van der Waals surface area contributed by atoms with Crippen molar-refractivity contribution in [3.8, 4) is 0 Å². The van der Waals surface area contributed by atoms with Crippen molar-refractivity contribution in [3.05, 3.63) is 51.7 Å². The third kappa shape index (κ3) is 2.43. The molecule has 0 aliphatic carbocycles. The lowest BCUT2D eigenvalue weighted by atomic mass is 10.0. The summed E-state index contributed by atoms with van der Waals surface area (Å²) < 4.78 is 43.3. The van der Waals surface area contributed by atoms with Crippen molar-refractivity contribution >= 4 is 22.3 Å². The minimum atomic E-state index is -4.50. The number of hydrogen-bond donors (Lipinski definition) is 1. The Bertz CT molecular complexity index is 791. The van der Waals surface area contributed by atoms with Crippen molar-refractivity contribution in [2.75, 3.05) is 0 Å². The second-order valence-corrected chi connectivity index (χ2v) is 5.60. The molecule has 3 rings (SSSR count). The van der Waals surface area contributed by atoms with Gasteiger partial charge in [-0.3, -0.25) is 0 Å². The zero-order chi connectivity index (χ0) is 15.2. The van der Waals surface area contributed by atoms with Crippen LogP contribution in [0.15, 0.2) is 34.9 Å². The van der Waals surface area contributed by atoms with Crippen LogP contribution in [0.5, 0.6) is 0 Å². The number of furan rings is 1. The summed E-state index contributed by atoms with van der Waals surface area (Å²) in [5, 5.41) is 10.1. The molecule has 2 aromatic heterocycles. The van der Waals surface area contributed by atoms with Crippen molar-refractivity contribution in [1.29, 1.82) is 0 Å². The molecule has 7 heteroatoms. The Hall–Kier alpha value is -1.86. The largest absolute Gasteiger partial charge is 0.461 e. The van der Waals surface area contributed by atoms with E-state index in [-0.39, 0.29) is 4.88 Å². The molecule has 0 fully saturated rings. The van der Waals surface area contributed by atoms with Gasteiger partial charge in [-0.2, -0.15) is 13.2 Å². The van der Waals surface area contributed by atoms with Gasteiger partial charge in [-0.1, -0.05) is 18.2 Å². The number of aromatic nitrogens is 1. The van der Waals surface area contributed by atoms with Gasteiger partial charge >= 0.3 is 6.18 Å². The van der Waals surface area contributed by atoms with Crippen molar-refractivity contribution in [2.45, 2.75) is 19.2 Å². The van der Waals surface area contributed by atoms with Gasteiger partial charge in [0.2, 0.25) is 0 Å². The summed E-state index contributed by atoms with van der Waals surface area (Å²) >= 11 is 0.436. The molecular weight excluding hydrogens is 303 g/mol. The SMILES string of the molecule is Cc1oc2ccccc2c1C(O)c1cnc(C(F)(F)F)s1. The minimum Gasteiger partial charge on any atom is -0.461 e. The van der Waals surface area contributed by atoms with Gasteiger partial charge in [0.05, 0.1) is 4.88 Å². The molecule has 1 aromatic carbocycles. The average molecular weight is 313 g/mol. The number of thiazole rings is 1. The molecule has 1 atom stereocenters. The summed E-state index contributed by atoms with van der Waals surface area (Å²) in [6, 6.07) is 7.07. The molecule has 0 spiro atoms. The van der Waals surface area contributed by atoms with Crippen LogP contribution in [0.3, 0.4) is 0 Å². The highest BCUT2D eigenvalue weighted by molar-refractivity contribution is 7.11. The third-order valence-corrected chi connectivity index (χ3v) is 4.22. The van der Waals surface area contributed by atoms with Gasteiger partial charge < -0.3 is 9.52 Å². The van der Waals surface area contributed by atoms with Crippen LogP contribution >= 0.6 is 11.3 Å². The van der Waals surface area contributed by atoms with Gasteiger partial charge in [-0.05, 0) is 13.0 Å². The number of alkyl halides is 3. The first-order valence-electron chi connectivity index (χ1n) is 6.07. The monoisotopic (exact) mass is 313 g/mol. The lowest BCUT2D eigenvalue weighted by molar-refractivity contribution is -0.137. The molecule has 0 amide bonds. The number of halogens is 3. The molecule has 110 valence electrons. The van der Waals surface area contributed by atoms with E-state index in [2.05, 4.69) is 4.98 Å². The third-order valence-electron chi connectivity index (χ3n) is 3.13. The molecule has 1 N–H and O–H groups in total. The number of aryl methyl sites for hydroxylation is 1. The maximum absolute atomic E-state index is 12.6. The molecule has 21 heavy (non-hydrogen) atoms. The fraction of sp³-hybridized carbons (Fsp3) is 0.214. The Morgan fingerprint density at radius 2 is 2.00 bits per heavy atom. The van der Waals surface area contributed by atoms with E-state index < -0.39 is 17.3 Å². The highest BCUT2D eigenvalue weighted by Crippen LogP contribution is 2.39. The van der Waals surface area contributed by atoms with Crippen LogP contribution < -0.4 is 0 Å². The van der Waals surface area contributed by atoms with Crippen molar-refractivity contribution in [2.24, 2.45) is 0 Å². The second kappa shape index (κ2) is 4.85. The predicted molar refractivity (Wildman–Crippen MR) is 72.1 cm³/mol. The van der Waals surface area contributed by atoms with E-state index in [0.717, 1.165) is 6.20 Å². The van der Waals surface area contributed by atoms with Crippen LogP contribution in [0.25, 0.3) is 11.0 Å². The van der Waals surface area contributed by atoms with Gasteiger partial charge in [0, 0.05) is 17.1 Å². The molecule has 3 nitrogen and oxygen atoms in total. The highest BCUT2D eigenvalue weighted by Gasteiger charge is 2.35. The average Bonchev–Trinajstić information content (AvgIpc) is 3.00. The summed E-state index contributed by atoms with van der Waals surface area (Å²) in [6.45, 7) is 1.67. The van der Waals surface area contributed by atoms with E-state index in [1.807, 2.05) is 0 Å². The molecule has 1 unspecified atom stereocenters. The zero-order valence-corrected chi connectivity index (χ0v) is 11.6. The quantitative estimate of drug-likeness (QED) is 0.767. The number of fused-ring (bicyclic) bond motifs is 1. The Morgan fingerprint density at radius 3 is 2.67 bits per heavy atom. The molecule has 0 saturated carbocycles. The number of hydrogen-bond acceptors (Lipinski definition) is 4. The highest BCUT2D eigenvalue weighted by atomic mass is 32.1. The van der Waals surface area contributed by atoms with E-state index in [9.17, 15) is 18.3 Å². The molecule has 0 saturated heterocycles. The maximum Gasteiger partial charge on any atom is 0.443 e. The summed E-state index contributed by atoms with van der Waals surface area (Å²) in [5.74, 6) is 0.477. The zero-order valence-electron chi connectivity index (χ0n) is 10.8. The van der Waals surface area contributed by atoms with Crippen LogP contribution in [0.1, 0.15) is 27.3 Å². The molecule has 3 aromatic rings. The van der Waals surface area contributed by atoms with Crippen LogP contribution in [0, 0.1) is 6.92 Å². The summed E-state index contributed by atoms with van der Waals surface area (Å²) in [6.07, 6.45) is -4.64. The molecule has 0 radical (unpaired) electrons. The molecular formula is C14H10F3NO2S. The van der Waals surface area contributed by atoms with Crippen LogP contribution in [0.4, 0.5) is 13.2 Å². The first-order valence-corrected chi connectivity index (χ1v) is 6.88. The number of nitrogens with zero attached hydrogens (tertiary/aromatic N) is 1. The van der Waals surface area contributed by atoms with E-state index >= 15 is 0 Å². The maximum atomic E-state index is 12.6. The van der Waals surface area contributed by atoms with Gasteiger partial charge in [-0.25, -0.2) is 4.98 Å². The number of benzene rings is 1. The van der Waals surface area contributed by atoms with E-state index in [0.29, 0.717) is 33.6 Å². The van der Waals surface area contributed by atoms with Crippen molar-refractivity contribution < 1.29 is 22.7 Å². The normalized spacial score (nSPS) is 13.8. The second-order valence-electron chi connectivity index (χ2n) is 4.54. The fourth-order valence-corrected chi connectivity index (χ4v) is 2.99. The van der Waals surface area contributed by atoms with E-state index in [4.69, 9.17) is 4.42 Å². The number of aliphatic hydroxyl groups excluding tert-OH is 1. The van der Waals surface area contributed by atoms with E-state index in [1.165, 1.54) is 0 Å². The summed E-state index contributed by atoms with van der Waals surface area (Å²) in [4.78, 5) is 3.47. The number of aliphatic hydroxyl groups is 1. The molecule has 0 aliphatic rings. The summed E-state index contributed by atoms with van der Waals surface area (Å²) in [7, 11) is 0. The Labute approximate surface area is 121 Å². The van der Waals surface area contributed by atoms with Crippen molar-refractivity contribution in [3.63, 3.8) is 0 Å². The molecule has 2 heterocycles. The van der Waals surface area contributed by atoms with Crippen LogP contribution in [-0.2, 0) is 6.18 Å². The van der Waals surface area contributed by atoms with E-state index in [1.54, 1.807) is 31.2 Å². The molecule has 0 aliphatic heterocycles. The predicted octanol–water partition coefficient (Wildman–Crippen LogP) is 4.30. The first kappa shape index (κ1) is 14.1. The minimum absolute atomic E-state index is 0.136. The summed E-state index contributed by atoms with van der Waals surface area (Å²) in [5.41, 5.74) is 1.06. The Kier molecular flexibility index (Phi) is 3.26. The van der Waals surface area contributed by atoms with Gasteiger partial charge in [0.1, 0.15) is 17.4 Å². The lowest BCUT2D eigenvalue weighted by Gasteiger charge is -2.07. The van der Waals surface area contributed by atoms with Gasteiger partial charge in [-0.15, -0.1) is 11.3 Å². The van der Waals surface area contributed by atoms with Crippen LogP contribution in [-0.4, -0.2) is 10.1 Å². The van der Waals surface area contributed by atoms with Crippen LogP contribution in [0.2, 0.25) is 0 Å². The fourth-order valence-electron chi connectivity index (χ4n) is 2.21. The Morgan fingerprint density at radius 1 is 1.29 bits per heavy atom. The van der Waals surface area contributed by atoms with Gasteiger partial charge in [0.15, 0.2) is 5.01 Å². The standard InChI is InChI=1S/C14H10F3NO2S/c1-7-11(8-4-2-3-5-9(8)20-7)12(19)10-6-18-13(21-10)14(15,16)17/h2-6,12,19H,1H3. The van der Waals surface area contributed by atoms with Crippen molar-refractivity contribution in [1.82, 2.24) is 4.98 Å². The van der Waals surface area contributed by atoms with Gasteiger partial charge in [0.25, 0.3) is 0 Å². The first-order chi connectivity index (χ1) is 9.88. The lowest BCUT2D eigenvalue weighted by Crippen LogP contribution is -2.03. The Balaban J connectivity index is 2.06.